The largest absolute Gasteiger partial charge is 0.441 e. The fraction of sp³-hybridized carbons (Fsp3) is 0.294. The molecule has 24 heavy (non-hydrogen) atoms. The van der Waals surface area contributed by atoms with Crippen molar-refractivity contribution < 1.29 is 9.21 Å². The van der Waals surface area contributed by atoms with E-state index in [1.165, 1.54) is 16.8 Å². The number of carbonyl (C=O) groups is 1. The molecule has 2 aromatic heterocycles. The van der Waals surface area contributed by atoms with Gasteiger partial charge >= 0.3 is 0 Å². The van der Waals surface area contributed by atoms with Crippen LogP contribution in [0.25, 0.3) is 11.1 Å². The zero-order valence-electron chi connectivity index (χ0n) is 13.6. The van der Waals surface area contributed by atoms with Crippen LogP contribution in [0.3, 0.4) is 0 Å². The summed E-state index contributed by atoms with van der Waals surface area (Å²) in [5.41, 5.74) is 1.92. The van der Waals surface area contributed by atoms with Crippen molar-refractivity contribution in [3.05, 3.63) is 52.3 Å². The fourth-order valence-corrected chi connectivity index (χ4v) is 2.35. The number of unbranched alkanes of at least 4 members (excludes halogenated alkanes) is 1. The van der Waals surface area contributed by atoms with Crippen LogP contribution in [0.15, 0.2) is 39.5 Å². The van der Waals surface area contributed by atoms with E-state index in [0.29, 0.717) is 29.2 Å². The molecule has 7 nitrogen and oxygen atoms in total. The van der Waals surface area contributed by atoms with Crippen LogP contribution in [-0.4, -0.2) is 20.7 Å². The molecular formula is C17H18N4O3. The van der Waals surface area contributed by atoms with Crippen molar-refractivity contribution in [1.82, 2.24) is 14.8 Å². The molecule has 0 atom stereocenters. The van der Waals surface area contributed by atoms with E-state index in [4.69, 9.17) is 4.42 Å². The van der Waals surface area contributed by atoms with Gasteiger partial charge in [-0.05, 0) is 30.7 Å². The smallest absolute Gasteiger partial charge is 0.276 e. The second kappa shape index (κ2) is 6.66. The van der Waals surface area contributed by atoms with Gasteiger partial charge in [-0.1, -0.05) is 13.3 Å². The summed E-state index contributed by atoms with van der Waals surface area (Å²) in [5, 5.41) is 6.89. The zero-order valence-corrected chi connectivity index (χ0v) is 13.6. The lowest BCUT2D eigenvalue weighted by Crippen LogP contribution is -2.26. The van der Waals surface area contributed by atoms with Crippen LogP contribution in [0.2, 0.25) is 0 Å². The summed E-state index contributed by atoms with van der Waals surface area (Å²) in [6.07, 6.45) is 1.78. The molecular weight excluding hydrogens is 308 g/mol. The SMILES string of the molecule is CCCCn1nc(C(=O)Nc2ccc3oc(C)nc3c2)ccc1=O. The van der Waals surface area contributed by atoms with Crippen LogP contribution in [0, 0.1) is 6.92 Å². The Labute approximate surface area is 138 Å². The van der Waals surface area contributed by atoms with Gasteiger partial charge in [-0.2, -0.15) is 5.10 Å². The Morgan fingerprint density at radius 3 is 2.92 bits per heavy atom. The van der Waals surface area contributed by atoms with Crippen molar-refractivity contribution in [2.45, 2.75) is 33.2 Å². The third-order valence-corrected chi connectivity index (χ3v) is 3.58. The number of amides is 1. The summed E-state index contributed by atoms with van der Waals surface area (Å²) in [6.45, 7) is 4.30. The summed E-state index contributed by atoms with van der Waals surface area (Å²) in [7, 11) is 0. The summed E-state index contributed by atoms with van der Waals surface area (Å²) in [5.74, 6) is 0.193. The maximum absolute atomic E-state index is 12.4. The van der Waals surface area contributed by atoms with Crippen molar-refractivity contribution in [3.63, 3.8) is 0 Å². The number of rotatable bonds is 5. The van der Waals surface area contributed by atoms with Gasteiger partial charge in [-0.25, -0.2) is 9.67 Å². The third kappa shape index (κ3) is 3.34. The van der Waals surface area contributed by atoms with Gasteiger partial charge in [0.1, 0.15) is 11.2 Å². The molecule has 2 heterocycles. The third-order valence-electron chi connectivity index (χ3n) is 3.58. The van der Waals surface area contributed by atoms with Crippen LogP contribution in [0.4, 0.5) is 5.69 Å². The Morgan fingerprint density at radius 2 is 2.12 bits per heavy atom. The average molecular weight is 326 g/mol. The van der Waals surface area contributed by atoms with Gasteiger partial charge in [0, 0.05) is 25.2 Å². The van der Waals surface area contributed by atoms with Gasteiger partial charge in [0.15, 0.2) is 11.5 Å². The molecule has 0 fully saturated rings. The number of nitrogens with one attached hydrogen (secondary N) is 1. The maximum Gasteiger partial charge on any atom is 0.276 e. The number of aromatic nitrogens is 3. The molecule has 3 rings (SSSR count). The van der Waals surface area contributed by atoms with Crippen molar-refractivity contribution in [2.75, 3.05) is 5.32 Å². The minimum absolute atomic E-state index is 0.196. The van der Waals surface area contributed by atoms with Gasteiger partial charge in [0.25, 0.3) is 11.5 Å². The van der Waals surface area contributed by atoms with E-state index in [1.807, 2.05) is 6.92 Å². The monoisotopic (exact) mass is 326 g/mol. The Bertz CT molecular complexity index is 942. The second-order valence-corrected chi connectivity index (χ2v) is 5.50. The fourth-order valence-electron chi connectivity index (χ4n) is 2.35. The van der Waals surface area contributed by atoms with E-state index in [-0.39, 0.29) is 17.2 Å². The summed E-state index contributed by atoms with van der Waals surface area (Å²) in [4.78, 5) is 28.4. The van der Waals surface area contributed by atoms with Crippen molar-refractivity contribution in [1.29, 1.82) is 0 Å². The highest BCUT2D eigenvalue weighted by Crippen LogP contribution is 2.19. The van der Waals surface area contributed by atoms with E-state index >= 15 is 0 Å². The minimum Gasteiger partial charge on any atom is -0.441 e. The standard InChI is InChI=1S/C17H18N4O3/c1-3-4-9-21-16(22)8-6-13(20-21)17(23)19-12-5-7-15-14(10-12)18-11(2)24-15/h5-8,10H,3-4,9H2,1-2H3,(H,19,23). The summed E-state index contributed by atoms with van der Waals surface area (Å²) < 4.78 is 6.73. The molecule has 0 saturated carbocycles. The molecule has 0 aliphatic rings. The molecule has 1 N–H and O–H groups in total. The maximum atomic E-state index is 12.4. The molecule has 0 spiro atoms. The molecule has 7 heteroatoms. The van der Waals surface area contributed by atoms with Crippen LogP contribution < -0.4 is 10.9 Å². The number of hydrogen-bond donors (Lipinski definition) is 1. The second-order valence-electron chi connectivity index (χ2n) is 5.50. The molecule has 0 radical (unpaired) electrons. The van der Waals surface area contributed by atoms with E-state index in [0.717, 1.165) is 12.8 Å². The predicted molar refractivity (Wildman–Crippen MR) is 90.1 cm³/mol. The molecule has 0 saturated heterocycles. The zero-order chi connectivity index (χ0) is 17.1. The summed E-state index contributed by atoms with van der Waals surface area (Å²) >= 11 is 0. The van der Waals surface area contributed by atoms with E-state index in [1.54, 1.807) is 25.1 Å². The first-order valence-corrected chi connectivity index (χ1v) is 7.83. The number of fused-ring (bicyclic) bond motifs is 1. The Balaban J connectivity index is 1.81. The number of nitrogens with zero attached hydrogens (tertiary/aromatic N) is 3. The Morgan fingerprint density at radius 1 is 1.29 bits per heavy atom. The molecule has 1 aromatic carbocycles. The molecule has 0 unspecified atom stereocenters. The molecule has 124 valence electrons. The normalized spacial score (nSPS) is 10.9. The predicted octanol–water partition coefficient (Wildman–Crippen LogP) is 2.75. The summed E-state index contributed by atoms with van der Waals surface area (Å²) in [6, 6.07) is 8.01. The van der Waals surface area contributed by atoms with Gasteiger partial charge in [-0.15, -0.1) is 0 Å². The highest BCUT2D eigenvalue weighted by atomic mass is 16.3. The lowest BCUT2D eigenvalue weighted by molar-refractivity contribution is 0.102. The van der Waals surface area contributed by atoms with Gasteiger partial charge in [0.05, 0.1) is 0 Å². The number of aryl methyl sites for hydroxylation is 2. The van der Waals surface area contributed by atoms with E-state index < -0.39 is 0 Å². The van der Waals surface area contributed by atoms with Crippen LogP contribution in [0.5, 0.6) is 0 Å². The first kappa shape index (κ1) is 15.9. The Hall–Kier alpha value is -2.96. The average Bonchev–Trinajstić information content (AvgIpc) is 2.93. The molecule has 3 aromatic rings. The van der Waals surface area contributed by atoms with Gasteiger partial charge < -0.3 is 9.73 Å². The highest BCUT2D eigenvalue weighted by Gasteiger charge is 2.11. The highest BCUT2D eigenvalue weighted by molar-refractivity contribution is 6.03. The lowest BCUT2D eigenvalue weighted by atomic mass is 10.2. The Kier molecular flexibility index (Phi) is 4.41. The van der Waals surface area contributed by atoms with Gasteiger partial charge in [-0.3, -0.25) is 9.59 Å². The minimum atomic E-state index is -0.375. The first-order valence-electron chi connectivity index (χ1n) is 7.83. The van der Waals surface area contributed by atoms with Crippen molar-refractivity contribution >= 4 is 22.7 Å². The number of carbonyl (C=O) groups excluding carboxylic acids is 1. The number of oxazole rings is 1. The van der Waals surface area contributed by atoms with E-state index in [2.05, 4.69) is 15.4 Å². The van der Waals surface area contributed by atoms with Crippen molar-refractivity contribution in [2.24, 2.45) is 0 Å². The number of hydrogen-bond acceptors (Lipinski definition) is 5. The first-order chi connectivity index (χ1) is 11.6. The van der Waals surface area contributed by atoms with Crippen LogP contribution >= 0.6 is 0 Å². The molecule has 0 aliphatic carbocycles. The van der Waals surface area contributed by atoms with Crippen LogP contribution in [-0.2, 0) is 6.54 Å². The lowest BCUT2D eigenvalue weighted by Gasteiger charge is -2.07. The van der Waals surface area contributed by atoms with E-state index in [9.17, 15) is 9.59 Å². The topological polar surface area (TPSA) is 90.0 Å². The quantitative estimate of drug-likeness (QED) is 0.778. The molecule has 0 aliphatic heterocycles. The molecule has 1 amide bonds. The van der Waals surface area contributed by atoms with Gasteiger partial charge in [0.2, 0.25) is 0 Å². The van der Waals surface area contributed by atoms with Crippen LogP contribution in [0.1, 0.15) is 36.1 Å². The number of benzene rings is 1. The van der Waals surface area contributed by atoms with Crippen molar-refractivity contribution in [3.8, 4) is 0 Å². The molecule has 0 bridgehead atoms. The number of anilines is 1.